The van der Waals surface area contributed by atoms with Crippen molar-refractivity contribution in [3.63, 3.8) is 0 Å². The lowest BCUT2D eigenvalue weighted by molar-refractivity contribution is 0.173. The van der Waals surface area contributed by atoms with E-state index in [4.69, 9.17) is 23.7 Å². The predicted octanol–water partition coefficient (Wildman–Crippen LogP) is 3.65. The Labute approximate surface area is 192 Å². The Morgan fingerprint density at radius 3 is 2.57 bits per heavy atom. The molecule has 0 radical (unpaired) electrons. The van der Waals surface area contributed by atoms with Crippen LogP contribution in [0.3, 0.4) is 0 Å². The summed E-state index contributed by atoms with van der Waals surface area (Å²) in [6.07, 6.45) is 0.880. The summed E-state index contributed by atoms with van der Waals surface area (Å²) in [6, 6.07) is 11.3. The molecule has 2 aromatic rings. The van der Waals surface area contributed by atoms with E-state index >= 15 is 0 Å². The highest BCUT2D eigenvalue weighted by atomic mass is 127. The van der Waals surface area contributed by atoms with Crippen LogP contribution in [-0.2, 0) is 0 Å². The van der Waals surface area contributed by atoms with Crippen LogP contribution >= 0.6 is 24.0 Å². The quantitative estimate of drug-likeness (QED) is 0.257. The van der Waals surface area contributed by atoms with Crippen molar-refractivity contribution in [2.75, 3.05) is 45.0 Å². The highest BCUT2D eigenvalue weighted by molar-refractivity contribution is 14.0. The standard InChI is InChI=1S/C21H25N3O5.HI/c1-2-22-21(24-15-4-6-17-19(12-15)27-10-3-9-26-17)23-8-11-25-16-5-7-18-20(13-16)29-14-28-18;/h4-7,12-13H,2-3,8-11,14H2,1H3,(H2,22,23,24);1H. The minimum atomic E-state index is 0. The predicted molar refractivity (Wildman–Crippen MR) is 125 cm³/mol. The molecule has 2 aliphatic heterocycles. The monoisotopic (exact) mass is 527 g/mol. The summed E-state index contributed by atoms with van der Waals surface area (Å²) >= 11 is 0. The molecule has 0 fully saturated rings. The SMILES string of the molecule is CCNC(=NCCOc1ccc2c(c1)OCO2)Nc1ccc2c(c1)OCCCO2.I. The first-order valence-electron chi connectivity index (χ1n) is 9.79. The average Bonchev–Trinajstić information content (AvgIpc) is 3.07. The molecule has 9 heteroatoms. The van der Waals surface area contributed by atoms with Gasteiger partial charge < -0.3 is 34.3 Å². The number of fused-ring (bicyclic) bond motifs is 2. The van der Waals surface area contributed by atoms with E-state index in [1.165, 1.54) is 0 Å². The van der Waals surface area contributed by atoms with Gasteiger partial charge in [-0.15, -0.1) is 24.0 Å². The molecule has 2 aliphatic rings. The Balaban J connectivity index is 0.00000256. The summed E-state index contributed by atoms with van der Waals surface area (Å²) in [6.45, 7) is 5.29. The van der Waals surface area contributed by atoms with Crippen LogP contribution in [0.1, 0.15) is 13.3 Å². The van der Waals surface area contributed by atoms with Gasteiger partial charge in [0, 0.05) is 30.8 Å². The zero-order chi connectivity index (χ0) is 19.9. The number of benzene rings is 2. The molecule has 0 amide bonds. The van der Waals surface area contributed by atoms with Crippen LogP contribution in [0.5, 0.6) is 28.7 Å². The maximum Gasteiger partial charge on any atom is 0.231 e. The van der Waals surface area contributed by atoms with Gasteiger partial charge in [0.2, 0.25) is 6.79 Å². The van der Waals surface area contributed by atoms with Crippen LogP contribution in [0.15, 0.2) is 41.4 Å². The van der Waals surface area contributed by atoms with Gasteiger partial charge in [-0.05, 0) is 31.2 Å². The number of nitrogens with one attached hydrogen (secondary N) is 2. The molecule has 2 heterocycles. The summed E-state index contributed by atoms with van der Waals surface area (Å²) in [4.78, 5) is 4.57. The second kappa shape index (κ2) is 11.0. The van der Waals surface area contributed by atoms with Crippen LogP contribution in [-0.4, -0.2) is 45.7 Å². The van der Waals surface area contributed by atoms with Crippen LogP contribution < -0.4 is 34.3 Å². The van der Waals surface area contributed by atoms with E-state index in [2.05, 4.69) is 15.6 Å². The highest BCUT2D eigenvalue weighted by Crippen LogP contribution is 2.35. The van der Waals surface area contributed by atoms with Crippen molar-refractivity contribution < 1.29 is 23.7 Å². The number of ether oxygens (including phenoxy) is 5. The van der Waals surface area contributed by atoms with E-state index in [1.54, 1.807) is 0 Å². The normalized spacial score (nSPS) is 14.4. The highest BCUT2D eigenvalue weighted by Gasteiger charge is 2.14. The number of halogens is 1. The molecule has 0 aromatic heterocycles. The van der Waals surface area contributed by atoms with Gasteiger partial charge in [0.25, 0.3) is 0 Å². The molecular formula is C21H26IN3O5. The van der Waals surface area contributed by atoms with E-state index in [1.807, 2.05) is 43.3 Å². The lowest BCUT2D eigenvalue weighted by atomic mass is 10.3. The van der Waals surface area contributed by atoms with Gasteiger partial charge in [0.1, 0.15) is 12.4 Å². The first-order chi connectivity index (χ1) is 14.3. The fourth-order valence-electron chi connectivity index (χ4n) is 2.97. The van der Waals surface area contributed by atoms with Crippen molar-refractivity contribution in [1.82, 2.24) is 5.32 Å². The number of aliphatic imine (C=N–C) groups is 1. The molecule has 162 valence electrons. The van der Waals surface area contributed by atoms with Gasteiger partial charge in [0.05, 0.1) is 19.8 Å². The summed E-state index contributed by atoms with van der Waals surface area (Å²) in [5.74, 6) is 4.36. The number of nitrogens with zero attached hydrogens (tertiary/aromatic N) is 1. The largest absolute Gasteiger partial charge is 0.492 e. The van der Waals surface area contributed by atoms with E-state index < -0.39 is 0 Å². The minimum Gasteiger partial charge on any atom is -0.492 e. The van der Waals surface area contributed by atoms with E-state index in [-0.39, 0.29) is 30.8 Å². The zero-order valence-corrected chi connectivity index (χ0v) is 19.1. The number of guanidine groups is 1. The third kappa shape index (κ3) is 5.74. The van der Waals surface area contributed by atoms with Crippen molar-refractivity contribution in [2.45, 2.75) is 13.3 Å². The lowest BCUT2D eigenvalue weighted by Crippen LogP contribution is -2.31. The third-order valence-corrected chi connectivity index (χ3v) is 4.33. The Hall–Kier alpha value is -2.56. The molecule has 0 spiro atoms. The number of hydrogen-bond acceptors (Lipinski definition) is 6. The molecule has 4 rings (SSSR count). The molecule has 0 saturated carbocycles. The molecule has 0 unspecified atom stereocenters. The molecule has 0 bridgehead atoms. The summed E-state index contributed by atoms with van der Waals surface area (Å²) < 4.78 is 27.8. The minimum absolute atomic E-state index is 0. The van der Waals surface area contributed by atoms with Crippen molar-refractivity contribution in [3.8, 4) is 28.7 Å². The zero-order valence-electron chi connectivity index (χ0n) is 16.8. The maximum absolute atomic E-state index is 5.76. The summed E-state index contributed by atoms with van der Waals surface area (Å²) in [7, 11) is 0. The van der Waals surface area contributed by atoms with Gasteiger partial charge in [-0.1, -0.05) is 0 Å². The van der Waals surface area contributed by atoms with Crippen molar-refractivity contribution in [2.24, 2.45) is 4.99 Å². The van der Waals surface area contributed by atoms with Gasteiger partial charge in [-0.2, -0.15) is 0 Å². The van der Waals surface area contributed by atoms with E-state index in [0.717, 1.165) is 41.7 Å². The Bertz CT molecular complexity index is 878. The van der Waals surface area contributed by atoms with Crippen molar-refractivity contribution in [1.29, 1.82) is 0 Å². The molecular weight excluding hydrogens is 501 g/mol. The second-order valence-corrected chi connectivity index (χ2v) is 6.46. The molecule has 0 saturated heterocycles. The van der Waals surface area contributed by atoms with Gasteiger partial charge >= 0.3 is 0 Å². The van der Waals surface area contributed by atoms with Crippen molar-refractivity contribution >= 4 is 35.6 Å². The summed E-state index contributed by atoms with van der Waals surface area (Å²) in [5, 5.41) is 6.53. The molecule has 30 heavy (non-hydrogen) atoms. The van der Waals surface area contributed by atoms with Crippen LogP contribution in [0.25, 0.3) is 0 Å². The Morgan fingerprint density at radius 2 is 1.70 bits per heavy atom. The van der Waals surface area contributed by atoms with Crippen LogP contribution in [0, 0.1) is 0 Å². The fraction of sp³-hybridized carbons (Fsp3) is 0.381. The van der Waals surface area contributed by atoms with Gasteiger partial charge in [-0.3, -0.25) is 0 Å². The number of hydrogen-bond donors (Lipinski definition) is 2. The number of anilines is 1. The molecule has 0 atom stereocenters. The first-order valence-corrected chi connectivity index (χ1v) is 9.79. The van der Waals surface area contributed by atoms with Crippen LogP contribution in [0.2, 0.25) is 0 Å². The van der Waals surface area contributed by atoms with E-state index in [0.29, 0.717) is 38.1 Å². The fourth-order valence-corrected chi connectivity index (χ4v) is 2.97. The molecule has 2 N–H and O–H groups in total. The topological polar surface area (TPSA) is 82.6 Å². The Kier molecular flexibility index (Phi) is 8.12. The molecule has 0 aliphatic carbocycles. The molecule has 8 nitrogen and oxygen atoms in total. The maximum atomic E-state index is 5.76. The Morgan fingerprint density at radius 1 is 0.967 bits per heavy atom. The third-order valence-electron chi connectivity index (χ3n) is 4.33. The molecule has 2 aromatic carbocycles. The smallest absolute Gasteiger partial charge is 0.231 e. The van der Waals surface area contributed by atoms with Crippen molar-refractivity contribution in [3.05, 3.63) is 36.4 Å². The van der Waals surface area contributed by atoms with E-state index in [9.17, 15) is 0 Å². The van der Waals surface area contributed by atoms with Gasteiger partial charge in [-0.25, -0.2) is 4.99 Å². The second-order valence-electron chi connectivity index (χ2n) is 6.46. The van der Waals surface area contributed by atoms with Gasteiger partial charge in [0.15, 0.2) is 29.0 Å². The van der Waals surface area contributed by atoms with Crippen LogP contribution in [0.4, 0.5) is 5.69 Å². The lowest BCUT2D eigenvalue weighted by Gasteiger charge is -2.14. The first kappa shape index (κ1) is 22.1. The summed E-state index contributed by atoms with van der Waals surface area (Å²) in [5.41, 5.74) is 0.880. The number of rotatable bonds is 6. The average molecular weight is 527 g/mol.